The standard InChI is InChI=1S/C14H17NO3/c1-15(2)12-5-3-11(4-6-12)14(9-18-10-14)8-7-13(16)17/h3-8H,9-10H2,1-2H3,(H,16,17)/b8-7+. The Balaban J connectivity index is 2.25. The number of carboxylic acid groups (broad SMARTS) is 1. The van der Waals surface area contributed by atoms with Crippen LogP contribution in [0.3, 0.4) is 0 Å². The van der Waals surface area contributed by atoms with E-state index in [2.05, 4.69) is 0 Å². The molecule has 1 heterocycles. The van der Waals surface area contributed by atoms with E-state index in [9.17, 15) is 4.79 Å². The number of ether oxygens (including phenoxy) is 1. The third kappa shape index (κ3) is 2.38. The highest BCUT2D eigenvalue weighted by Crippen LogP contribution is 2.34. The molecular formula is C14H17NO3. The van der Waals surface area contributed by atoms with Crippen LogP contribution in [0.5, 0.6) is 0 Å². The minimum atomic E-state index is -0.925. The van der Waals surface area contributed by atoms with Crippen LogP contribution in [0.1, 0.15) is 5.56 Å². The Morgan fingerprint density at radius 1 is 1.33 bits per heavy atom. The van der Waals surface area contributed by atoms with Gasteiger partial charge in [-0.1, -0.05) is 18.2 Å². The molecule has 0 bridgehead atoms. The van der Waals surface area contributed by atoms with E-state index in [1.807, 2.05) is 43.3 Å². The molecule has 18 heavy (non-hydrogen) atoms. The van der Waals surface area contributed by atoms with Gasteiger partial charge in [0.15, 0.2) is 0 Å². The Labute approximate surface area is 106 Å². The van der Waals surface area contributed by atoms with Crippen molar-refractivity contribution in [2.24, 2.45) is 0 Å². The van der Waals surface area contributed by atoms with E-state index >= 15 is 0 Å². The Kier molecular flexibility index (Phi) is 3.39. The first-order valence-electron chi connectivity index (χ1n) is 5.81. The van der Waals surface area contributed by atoms with Gasteiger partial charge in [0.2, 0.25) is 0 Å². The minimum Gasteiger partial charge on any atom is -0.478 e. The third-order valence-corrected chi connectivity index (χ3v) is 3.22. The normalized spacial score (nSPS) is 17.4. The molecule has 0 aliphatic carbocycles. The fourth-order valence-electron chi connectivity index (χ4n) is 2.00. The summed E-state index contributed by atoms with van der Waals surface area (Å²) in [5.41, 5.74) is 1.94. The Morgan fingerprint density at radius 3 is 2.33 bits per heavy atom. The molecular weight excluding hydrogens is 230 g/mol. The monoisotopic (exact) mass is 247 g/mol. The number of anilines is 1. The summed E-state index contributed by atoms with van der Waals surface area (Å²) in [6.07, 6.45) is 2.92. The SMILES string of the molecule is CN(C)c1ccc(C2(/C=C/C(=O)O)COC2)cc1. The number of aliphatic carboxylic acids is 1. The lowest BCUT2D eigenvalue weighted by Gasteiger charge is -2.39. The van der Waals surface area contributed by atoms with Crippen LogP contribution in [-0.2, 0) is 14.9 Å². The van der Waals surface area contributed by atoms with E-state index in [0.29, 0.717) is 13.2 Å². The Morgan fingerprint density at radius 2 is 1.94 bits per heavy atom. The van der Waals surface area contributed by atoms with Crippen molar-refractivity contribution in [1.29, 1.82) is 0 Å². The molecule has 1 aromatic carbocycles. The van der Waals surface area contributed by atoms with Crippen molar-refractivity contribution in [2.75, 3.05) is 32.2 Å². The molecule has 0 atom stereocenters. The number of nitrogens with zero attached hydrogens (tertiary/aromatic N) is 1. The van der Waals surface area contributed by atoms with E-state index in [1.54, 1.807) is 6.08 Å². The predicted octanol–water partition coefficient (Wildman–Crippen LogP) is 1.66. The molecule has 0 unspecified atom stereocenters. The summed E-state index contributed by atoms with van der Waals surface area (Å²) in [6.45, 7) is 1.08. The maximum atomic E-state index is 10.6. The molecule has 1 saturated heterocycles. The second kappa shape index (κ2) is 4.82. The molecule has 1 fully saturated rings. The van der Waals surface area contributed by atoms with Crippen LogP contribution < -0.4 is 4.90 Å². The van der Waals surface area contributed by atoms with Gasteiger partial charge in [0.05, 0.1) is 18.6 Å². The van der Waals surface area contributed by atoms with Crippen molar-refractivity contribution in [2.45, 2.75) is 5.41 Å². The van der Waals surface area contributed by atoms with Crippen LogP contribution in [0.25, 0.3) is 0 Å². The number of hydrogen-bond acceptors (Lipinski definition) is 3. The largest absolute Gasteiger partial charge is 0.478 e. The molecule has 4 nitrogen and oxygen atoms in total. The lowest BCUT2D eigenvalue weighted by Crippen LogP contribution is -2.45. The third-order valence-electron chi connectivity index (χ3n) is 3.22. The van der Waals surface area contributed by atoms with Gasteiger partial charge in [-0.2, -0.15) is 0 Å². The highest BCUT2D eigenvalue weighted by Gasteiger charge is 2.38. The van der Waals surface area contributed by atoms with E-state index < -0.39 is 5.97 Å². The predicted molar refractivity (Wildman–Crippen MR) is 70.0 cm³/mol. The molecule has 0 radical (unpaired) electrons. The van der Waals surface area contributed by atoms with Gasteiger partial charge in [-0.3, -0.25) is 0 Å². The molecule has 2 rings (SSSR count). The number of carboxylic acids is 1. The highest BCUT2D eigenvalue weighted by atomic mass is 16.5. The van der Waals surface area contributed by atoms with Crippen LogP contribution in [-0.4, -0.2) is 38.4 Å². The van der Waals surface area contributed by atoms with Crippen molar-refractivity contribution in [3.63, 3.8) is 0 Å². The second-order valence-corrected chi connectivity index (χ2v) is 4.76. The van der Waals surface area contributed by atoms with Gasteiger partial charge in [-0.05, 0) is 17.7 Å². The molecule has 0 amide bonds. The van der Waals surface area contributed by atoms with E-state index in [1.165, 1.54) is 6.08 Å². The van der Waals surface area contributed by atoms with E-state index in [0.717, 1.165) is 11.3 Å². The molecule has 1 aliphatic heterocycles. The van der Waals surface area contributed by atoms with Crippen molar-refractivity contribution in [1.82, 2.24) is 0 Å². The van der Waals surface area contributed by atoms with Gasteiger partial charge in [0, 0.05) is 25.9 Å². The topological polar surface area (TPSA) is 49.8 Å². The quantitative estimate of drug-likeness (QED) is 0.822. The number of carbonyl (C=O) groups is 1. The lowest BCUT2D eigenvalue weighted by molar-refractivity contribution is -0.131. The van der Waals surface area contributed by atoms with Gasteiger partial charge >= 0.3 is 5.97 Å². The van der Waals surface area contributed by atoms with Crippen LogP contribution >= 0.6 is 0 Å². The van der Waals surface area contributed by atoms with Gasteiger partial charge in [0.25, 0.3) is 0 Å². The summed E-state index contributed by atoms with van der Waals surface area (Å²) >= 11 is 0. The van der Waals surface area contributed by atoms with E-state index in [-0.39, 0.29) is 5.41 Å². The zero-order chi connectivity index (χ0) is 13.2. The summed E-state index contributed by atoms with van der Waals surface area (Å²) in [5.74, 6) is -0.925. The number of benzene rings is 1. The summed E-state index contributed by atoms with van der Waals surface area (Å²) in [4.78, 5) is 12.7. The molecule has 1 aliphatic rings. The van der Waals surface area contributed by atoms with Crippen LogP contribution in [0.15, 0.2) is 36.4 Å². The van der Waals surface area contributed by atoms with Crippen molar-refractivity contribution < 1.29 is 14.6 Å². The average molecular weight is 247 g/mol. The first-order chi connectivity index (χ1) is 8.53. The van der Waals surface area contributed by atoms with Crippen molar-refractivity contribution >= 4 is 11.7 Å². The summed E-state index contributed by atoms with van der Waals surface area (Å²) in [6, 6.07) is 8.13. The zero-order valence-corrected chi connectivity index (χ0v) is 10.6. The number of hydrogen-bond donors (Lipinski definition) is 1. The fraction of sp³-hybridized carbons (Fsp3) is 0.357. The van der Waals surface area contributed by atoms with Gasteiger partial charge in [-0.25, -0.2) is 4.79 Å². The van der Waals surface area contributed by atoms with E-state index in [4.69, 9.17) is 9.84 Å². The second-order valence-electron chi connectivity index (χ2n) is 4.76. The van der Waals surface area contributed by atoms with Crippen LogP contribution in [0, 0.1) is 0 Å². The van der Waals surface area contributed by atoms with Gasteiger partial charge in [0.1, 0.15) is 0 Å². The smallest absolute Gasteiger partial charge is 0.328 e. The Hall–Kier alpha value is -1.81. The number of rotatable bonds is 4. The van der Waals surface area contributed by atoms with Crippen LogP contribution in [0.2, 0.25) is 0 Å². The molecule has 96 valence electrons. The molecule has 1 aromatic rings. The first kappa shape index (κ1) is 12.6. The molecule has 0 aromatic heterocycles. The molecule has 0 saturated carbocycles. The van der Waals surface area contributed by atoms with Crippen molar-refractivity contribution in [3.8, 4) is 0 Å². The molecule has 4 heteroatoms. The average Bonchev–Trinajstić information content (AvgIpc) is 2.28. The maximum Gasteiger partial charge on any atom is 0.328 e. The summed E-state index contributed by atoms with van der Waals surface area (Å²) in [5, 5.41) is 8.73. The molecule has 1 N–H and O–H groups in total. The lowest BCUT2D eigenvalue weighted by atomic mass is 9.78. The van der Waals surface area contributed by atoms with Gasteiger partial charge in [-0.15, -0.1) is 0 Å². The minimum absolute atomic E-state index is 0.275. The molecule has 0 spiro atoms. The zero-order valence-electron chi connectivity index (χ0n) is 10.6. The maximum absolute atomic E-state index is 10.6. The highest BCUT2D eigenvalue weighted by molar-refractivity contribution is 5.80. The first-order valence-corrected chi connectivity index (χ1v) is 5.81. The Bertz CT molecular complexity index is 458. The van der Waals surface area contributed by atoms with Crippen molar-refractivity contribution in [3.05, 3.63) is 42.0 Å². The summed E-state index contributed by atoms with van der Waals surface area (Å²) < 4.78 is 5.25. The van der Waals surface area contributed by atoms with Crippen LogP contribution in [0.4, 0.5) is 5.69 Å². The van der Waals surface area contributed by atoms with Gasteiger partial charge < -0.3 is 14.7 Å². The summed E-state index contributed by atoms with van der Waals surface area (Å²) in [7, 11) is 3.98. The fourth-order valence-corrected chi connectivity index (χ4v) is 2.00.